The van der Waals surface area contributed by atoms with E-state index in [2.05, 4.69) is 9.74 Å². The molecule has 2 aliphatic rings. The molecule has 0 bridgehead atoms. The average Bonchev–Trinajstić information content (AvgIpc) is 2.68. The number of likely N-dealkylation sites (tertiary alicyclic amines) is 1. The lowest BCUT2D eigenvalue weighted by Crippen LogP contribution is -2.42. The van der Waals surface area contributed by atoms with Gasteiger partial charge in [-0.05, 0) is 44.7 Å². The monoisotopic (exact) mass is 262 g/mol. The van der Waals surface area contributed by atoms with Crippen LogP contribution in [0, 0.1) is 5.92 Å². The van der Waals surface area contributed by atoms with E-state index in [1.54, 1.807) is 0 Å². The standard InChI is InChI=1S/C11H22N2O3S/c12-16-7-3-10-1-5-13(6-2-10)11-4-8-17(14,15)9-11/h10-11H,1-9,12H2. The van der Waals surface area contributed by atoms with E-state index < -0.39 is 9.84 Å². The van der Waals surface area contributed by atoms with Gasteiger partial charge in [0, 0.05) is 6.04 Å². The Balaban J connectivity index is 1.76. The fourth-order valence-corrected chi connectivity index (χ4v) is 4.67. The fraction of sp³-hybridized carbons (Fsp3) is 1.00. The van der Waals surface area contributed by atoms with Crippen molar-refractivity contribution in [3.8, 4) is 0 Å². The second-order valence-electron chi connectivity index (χ2n) is 5.20. The summed E-state index contributed by atoms with van der Waals surface area (Å²) in [6.07, 6.45) is 4.12. The maximum atomic E-state index is 11.4. The molecule has 17 heavy (non-hydrogen) atoms. The Kier molecular flexibility index (Phi) is 4.41. The summed E-state index contributed by atoms with van der Waals surface area (Å²) in [7, 11) is -2.75. The van der Waals surface area contributed by atoms with Crippen molar-refractivity contribution >= 4 is 9.84 Å². The minimum Gasteiger partial charge on any atom is -0.305 e. The largest absolute Gasteiger partial charge is 0.305 e. The fourth-order valence-electron chi connectivity index (χ4n) is 2.90. The highest BCUT2D eigenvalue weighted by Gasteiger charge is 2.33. The molecule has 0 amide bonds. The first kappa shape index (κ1) is 13.3. The summed E-state index contributed by atoms with van der Waals surface area (Å²) in [6.45, 7) is 2.67. The zero-order valence-electron chi connectivity index (χ0n) is 10.2. The van der Waals surface area contributed by atoms with E-state index in [1.165, 1.54) is 0 Å². The Morgan fingerprint density at radius 1 is 1.24 bits per heavy atom. The van der Waals surface area contributed by atoms with Crippen LogP contribution in [0.25, 0.3) is 0 Å². The van der Waals surface area contributed by atoms with E-state index in [0.717, 1.165) is 38.8 Å². The van der Waals surface area contributed by atoms with Gasteiger partial charge < -0.3 is 4.84 Å². The number of sulfone groups is 1. The Hall–Kier alpha value is -0.170. The van der Waals surface area contributed by atoms with Crippen molar-refractivity contribution in [1.29, 1.82) is 0 Å². The van der Waals surface area contributed by atoms with Gasteiger partial charge in [-0.2, -0.15) is 0 Å². The minimum absolute atomic E-state index is 0.270. The molecule has 2 heterocycles. The first-order valence-corrected chi connectivity index (χ1v) is 8.19. The zero-order chi connectivity index (χ0) is 12.3. The molecule has 0 radical (unpaired) electrons. The molecule has 100 valence electrons. The second-order valence-corrected chi connectivity index (χ2v) is 7.42. The van der Waals surface area contributed by atoms with Crippen molar-refractivity contribution in [2.45, 2.75) is 31.7 Å². The van der Waals surface area contributed by atoms with E-state index in [-0.39, 0.29) is 6.04 Å². The normalized spacial score (nSPS) is 30.8. The van der Waals surface area contributed by atoms with Crippen molar-refractivity contribution in [3.63, 3.8) is 0 Å². The second kappa shape index (κ2) is 5.65. The van der Waals surface area contributed by atoms with Gasteiger partial charge in [-0.3, -0.25) is 4.90 Å². The summed E-state index contributed by atoms with van der Waals surface area (Å²) in [6, 6.07) is 0.270. The van der Waals surface area contributed by atoms with Crippen molar-refractivity contribution in [3.05, 3.63) is 0 Å². The lowest BCUT2D eigenvalue weighted by molar-refractivity contribution is 0.0933. The quantitative estimate of drug-likeness (QED) is 0.731. The van der Waals surface area contributed by atoms with E-state index in [9.17, 15) is 8.42 Å². The first-order chi connectivity index (χ1) is 8.11. The van der Waals surface area contributed by atoms with Crippen LogP contribution in [0.2, 0.25) is 0 Å². The summed E-state index contributed by atoms with van der Waals surface area (Å²) < 4.78 is 22.9. The van der Waals surface area contributed by atoms with Gasteiger partial charge in [0.1, 0.15) is 0 Å². The molecule has 1 unspecified atom stereocenters. The molecule has 1 atom stereocenters. The predicted molar refractivity (Wildman–Crippen MR) is 66.1 cm³/mol. The van der Waals surface area contributed by atoms with Crippen LogP contribution < -0.4 is 5.90 Å². The van der Waals surface area contributed by atoms with Crippen LogP contribution in [-0.2, 0) is 14.7 Å². The predicted octanol–water partition coefficient (Wildman–Crippen LogP) is 0.166. The molecule has 2 saturated heterocycles. The highest BCUT2D eigenvalue weighted by molar-refractivity contribution is 7.91. The third kappa shape index (κ3) is 3.64. The zero-order valence-corrected chi connectivity index (χ0v) is 11.0. The van der Waals surface area contributed by atoms with Crippen molar-refractivity contribution in [2.24, 2.45) is 11.8 Å². The van der Waals surface area contributed by atoms with Crippen molar-refractivity contribution in [2.75, 3.05) is 31.2 Å². The Morgan fingerprint density at radius 3 is 2.47 bits per heavy atom. The van der Waals surface area contributed by atoms with E-state index in [4.69, 9.17) is 5.90 Å². The number of piperidine rings is 1. The van der Waals surface area contributed by atoms with Gasteiger partial charge in [0.15, 0.2) is 9.84 Å². The molecular weight excluding hydrogens is 240 g/mol. The molecule has 0 aromatic carbocycles. The van der Waals surface area contributed by atoms with Gasteiger partial charge in [-0.15, -0.1) is 0 Å². The maximum absolute atomic E-state index is 11.4. The number of hydrogen-bond acceptors (Lipinski definition) is 5. The SMILES string of the molecule is NOCCC1CCN(C2CCS(=O)(=O)C2)CC1. The van der Waals surface area contributed by atoms with Gasteiger partial charge in [0.25, 0.3) is 0 Å². The van der Waals surface area contributed by atoms with Crippen LogP contribution in [0.15, 0.2) is 0 Å². The molecule has 0 aromatic heterocycles. The molecule has 0 aromatic rings. The molecule has 0 saturated carbocycles. The van der Waals surface area contributed by atoms with Gasteiger partial charge >= 0.3 is 0 Å². The van der Waals surface area contributed by atoms with Gasteiger partial charge in [0.05, 0.1) is 18.1 Å². The van der Waals surface area contributed by atoms with Gasteiger partial charge in [-0.1, -0.05) is 0 Å². The number of hydrogen-bond donors (Lipinski definition) is 1. The number of rotatable bonds is 4. The summed E-state index contributed by atoms with van der Waals surface area (Å²) in [4.78, 5) is 6.96. The third-order valence-electron chi connectivity index (χ3n) is 4.02. The van der Waals surface area contributed by atoms with Crippen LogP contribution in [0.3, 0.4) is 0 Å². The van der Waals surface area contributed by atoms with Crippen LogP contribution >= 0.6 is 0 Å². The average molecular weight is 262 g/mol. The molecule has 2 rings (SSSR count). The molecule has 2 N–H and O–H groups in total. The lowest BCUT2D eigenvalue weighted by Gasteiger charge is -2.35. The molecule has 0 spiro atoms. The lowest BCUT2D eigenvalue weighted by atomic mass is 9.93. The summed E-state index contributed by atoms with van der Waals surface area (Å²) in [5.41, 5.74) is 0. The van der Waals surface area contributed by atoms with Crippen LogP contribution in [0.4, 0.5) is 0 Å². The smallest absolute Gasteiger partial charge is 0.151 e. The van der Waals surface area contributed by atoms with Gasteiger partial charge in [0.2, 0.25) is 0 Å². The summed E-state index contributed by atoms with van der Waals surface area (Å²) in [5.74, 6) is 6.45. The Labute approximate surface area is 103 Å². The van der Waals surface area contributed by atoms with Crippen molar-refractivity contribution < 1.29 is 13.3 Å². The third-order valence-corrected chi connectivity index (χ3v) is 5.77. The molecule has 2 aliphatic heterocycles. The molecule has 0 aliphatic carbocycles. The summed E-state index contributed by atoms with van der Waals surface area (Å²) >= 11 is 0. The maximum Gasteiger partial charge on any atom is 0.151 e. The highest BCUT2D eigenvalue weighted by atomic mass is 32.2. The van der Waals surface area contributed by atoms with Crippen LogP contribution in [-0.4, -0.2) is 50.6 Å². The highest BCUT2D eigenvalue weighted by Crippen LogP contribution is 2.25. The van der Waals surface area contributed by atoms with Crippen LogP contribution in [0.5, 0.6) is 0 Å². The molecule has 5 nitrogen and oxygen atoms in total. The molecule has 2 fully saturated rings. The Bertz CT molecular complexity index is 337. The number of nitrogens with zero attached hydrogens (tertiary/aromatic N) is 1. The topological polar surface area (TPSA) is 72.6 Å². The Morgan fingerprint density at radius 2 is 1.94 bits per heavy atom. The van der Waals surface area contributed by atoms with Crippen LogP contribution in [0.1, 0.15) is 25.7 Å². The van der Waals surface area contributed by atoms with Crippen molar-refractivity contribution in [1.82, 2.24) is 4.90 Å². The summed E-state index contributed by atoms with van der Waals surface area (Å²) in [5, 5.41) is 0. The first-order valence-electron chi connectivity index (χ1n) is 6.37. The molecular formula is C11H22N2O3S. The van der Waals surface area contributed by atoms with E-state index >= 15 is 0 Å². The van der Waals surface area contributed by atoms with E-state index in [1.807, 2.05) is 0 Å². The number of nitrogens with two attached hydrogens (primary N) is 1. The van der Waals surface area contributed by atoms with E-state index in [0.29, 0.717) is 24.0 Å². The van der Waals surface area contributed by atoms with Gasteiger partial charge in [-0.25, -0.2) is 14.3 Å². The molecule has 6 heteroatoms. The minimum atomic E-state index is -2.75.